The van der Waals surface area contributed by atoms with Gasteiger partial charge in [0.1, 0.15) is 6.10 Å². The monoisotopic (exact) mass is 318 g/mol. The van der Waals surface area contributed by atoms with E-state index in [0.717, 1.165) is 44.1 Å². The fraction of sp³-hybridized carbons (Fsp3) is 0.800. The molecule has 0 aromatic carbocycles. The van der Waals surface area contributed by atoms with E-state index in [1.807, 2.05) is 0 Å². The zero-order chi connectivity index (χ0) is 16.5. The highest BCUT2D eigenvalue weighted by atomic mass is 16.7. The van der Waals surface area contributed by atoms with Gasteiger partial charge in [-0.15, -0.1) is 0 Å². The minimum Gasteiger partial charge on any atom is -0.360 e. The highest BCUT2D eigenvalue weighted by molar-refractivity contribution is 5.38. The molecule has 0 saturated carbocycles. The van der Waals surface area contributed by atoms with Gasteiger partial charge in [0.2, 0.25) is 5.79 Å². The molecule has 5 atom stereocenters. The van der Waals surface area contributed by atoms with Crippen LogP contribution in [0.15, 0.2) is 22.8 Å². The highest BCUT2D eigenvalue weighted by Gasteiger charge is 2.67. The molecular formula is C20H30O3. The van der Waals surface area contributed by atoms with E-state index in [0.29, 0.717) is 12.5 Å². The summed E-state index contributed by atoms with van der Waals surface area (Å²) in [5.74, 6) is -0.543. The molecule has 0 radical (unpaired) electrons. The Hall–Kier alpha value is -0.640. The number of hydrogen-bond acceptors (Lipinski definition) is 3. The SMILES string of the molecule is C/C1=C\CC[C@@]2(C)O[C@H]2[C@@]2(O)OCC3=C2CC[C@@H](C)[C@]3(C)CC1. The molecule has 3 heteroatoms. The maximum absolute atomic E-state index is 11.3. The van der Waals surface area contributed by atoms with Crippen molar-refractivity contribution in [2.24, 2.45) is 11.3 Å². The largest absolute Gasteiger partial charge is 0.360 e. The lowest BCUT2D eigenvalue weighted by Gasteiger charge is -2.42. The molecule has 23 heavy (non-hydrogen) atoms. The van der Waals surface area contributed by atoms with Crippen LogP contribution in [0, 0.1) is 11.3 Å². The van der Waals surface area contributed by atoms with Gasteiger partial charge in [0, 0.05) is 0 Å². The Balaban J connectivity index is 1.79. The van der Waals surface area contributed by atoms with Gasteiger partial charge in [-0.2, -0.15) is 0 Å². The normalized spacial score (nSPS) is 52.1. The highest BCUT2D eigenvalue weighted by Crippen LogP contribution is 2.59. The van der Waals surface area contributed by atoms with Crippen LogP contribution in [0.4, 0.5) is 0 Å². The maximum atomic E-state index is 11.3. The predicted molar refractivity (Wildman–Crippen MR) is 89.9 cm³/mol. The van der Waals surface area contributed by atoms with Crippen molar-refractivity contribution in [3.63, 3.8) is 0 Å². The molecule has 0 aromatic heterocycles. The van der Waals surface area contributed by atoms with E-state index in [2.05, 4.69) is 33.8 Å². The summed E-state index contributed by atoms with van der Waals surface area (Å²) in [5, 5.41) is 11.3. The average molecular weight is 318 g/mol. The topological polar surface area (TPSA) is 42.0 Å². The quantitative estimate of drug-likeness (QED) is 0.540. The first kappa shape index (κ1) is 15.9. The van der Waals surface area contributed by atoms with Crippen LogP contribution in [0.25, 0.3) is 0 Å². The lowest BCUT2D eigenvalue weighted by molar-refractivity contribution is -0.169. The smallest absolute Gasteiger partial charge is 0.219 e. The Kier molecular flexibility index (Phi) is 3.40. The third kappa shape index (κ3) is 2.20. The van der Waals surface area contributed by atoms with Crippen molar-refractivity contribution < 1.29 is 14.6 Å². The van der Waals surface area contributed by atoms with Gasteiger partial charge in [0.15, 0.2) is 0 Å². The van der Waals surface area contributed by atoms with Crippen molar-refractivity contribution in [1.29, 1.82) is 0 Å². The van der Waals surface area contributed by atoms with Crippen molar-refractivity contribution in [3.8, 4) is 0 Å². The van der Waals surface area contributed by atoms with Gasteiger partial charge >= 0.3 is 0 Å². The molecule has 0 amide bonds. The summed E-state index contributed by atoms with van der Waals surface area (Å²) >= 11 is 0. The number of rotatable bonds is 0. The van der Waals surface area contributed by atoms with Crippen LogP contribution in [-0.2, 0) is 9.47 Å². The van der Waals surface area contributed by atoms with Gasteiger partial charge in [0.05, 0.1) is 12.2 Å². The summed E-state index contributed by atoms with van der Waals surface area (Å²) in [6.07, 6.45) is 8.51. The van der Waals surface area contributed by atoms with Crippen molar-refractivity contribution in [3.05, 3.63) is 22.8 Å². The zero-order valence-corrected chi connectivity index (χ0v) is 14.9. The van der Waals surface area contributed by atoms with Crippen molar-refractivity contribution in [2.75, 3.05) is 6.61 Å². The Bertz CT molecular complexity index is 592. The number of hydrogen-bond donors (Lipinski definition) is 1. The second kappa shape index (κ2) is 4.93. The van der Waals surface area contributed by atoms with Gasteiger partial charge in [-0.25, -0.2) is 0 Å². The molecule has 128 valence electrons. The molecule has 2 aliphatic carbocycles. The van der Waals surface area contributed by atoms with E-state index in [4.69, 9.17) is 9.47 Å². The number of fused-ring (bicyclic) bond motifs is 2. The molecule has 3 nitrogen and oxygen atoms in total. The second-order valence-corrected chi connectivity index (χ2v) is 8.70. The average Bonchev–Trinajstić information content (AvgIpc) is 3.05. The lowest BCUT2D eigenvalue weighted by atomic mass is 9.62. The van der Waals surface area contributed by atoms with E-state index in [1.54, 1.807) is 0 Å². The van der Waals surface area contributed by atoms with Crippen LogP contribution >= 0.6 is 0 Å². The summed E-state index contributed by atoms with van der Waals surface area (Å²) in [6.45, 7) is 9.70. The van der Waals surface area contributed by atoms with Crippen LogP contribution in [0.5, 0.6) is 0 Å². The van der Waals surface area contributed by atoms with Crippen LogP contribution in [-0.4, -0.2) is 29.2 Å². The van der Waals surface area contributed by atoms with E-state index in [1.165, 1.54) is 11.1 Å². The molecular weight excluding hydrogens is 288 g/mol. The Morgan fingerprint density at radius 1 is 1.17 bits per heavy atom. The molecule has 1 N–H and O–H groups in total. The maximum Gasteiger partial charge on any atom is 0.219 e. The van der Waals surface area contributed by atoms with Crippen molar-refractivity contribution >= 4 is 0 Å². The fourth-order valence-corrected chi connectivity index (χ4v) is 5.10. The molecule has 1 saturated heterocycles. The summed E-state index contributed by atoms with van der Waals surface area (Å²) < 4.78 is 12.0. The number of allylic oxidation sites excluding steroid dienone is 2. The van der Waals surface area contributed by atoms with E-state index < -0.39 is 5.79 Å². The van der Waals surface area contributed by atoms with E-state index in [9.17, 15) is 5.11 Å². The first-order valence-electron chi connectivity index (χ1n) is 9.22. The zero-order valence-electron chi connectivity index (χ0n) is 14.9. The molecule has 0 spiro atoms. The number of ether oxygens (including phenoxy) is 2. The standard InChI is InChI=1S/C20H30O3/c1-13-6-5-10-19(4)17(23-19)20(21)15-8-7-14(2)18(3,11-9-13)16(15)12-22-20/h6,14,17,21H,5,7-12H2,1-4H3/b13-6+/t14-,17-,18+,19-,20+/m1/s1. The second-order valence-electron chi connectivity index (χ2n) is 8.70. The fourth-order valence-electron chi connectivity index (χ4n) is 5.10. The molecule has 0 aromatic rings. The molecule has 2 aliphatic heterocycles. The lowest BCUT2D eigenvalue weighted by Crippen LogP contribution is -2.42. The number of epoxide rings is 1. The Morgan fingerprint density at radius 3 is 2.74 bits per heavy atom. The summed E-state index contributed by atoms with van der Waals surface area (Å²) in [7, 11) is 0. The first-order chi connectivity index (χ1) is 10.8. The van der Waals surface area contributed by atoms with Gasteiger partial charge in [-0.1, -0.05) is 25.5 Å². The summed E-state index contributed by atoms with van der Waals surface area (Å²) in [5.41, 5.74) is 3.89. The summed E-state index contributed by atoms with van der Waals surface area (Å²) in [4.78, 5) is 0. The first-order valence-corrected chi connectivity index (χ1v) is 9.22. The third-order valence-electron chi connectivity index (χ3n) is 7.25. The van der Waals surface area contributed by atoms with Gasteiger partial charge in [-0.3, -0.25) is 0 Å². The van der Waals surface area contributed by atoms with Crippen LogP contribution in [0.1, 0.15) is 66.2 Å². The van der Waals surface area contributed by atoms with E-state index >= 15 is 0 Å². The van der Waals surface area contributed by atoms with Crippen LogP contribution < -0.4 is 0 Å². The predicted octanol–water partition coefficient (Wildman–Crippen LogP) is 4.12. The minimum absolute atomic E-state index is 0.137. The molecule has 1 fully saturated rings. The van der Waals surface area contributed by atoms with E-state index in [-0.39, 0.29) is 17.1 Å². The minimum atomic E-state index is -1.18. The molecule has 4 aliphatic rings. The molecule has 0 unspecified atom stereocenters. The van der Waals surface area contributed by atoms with Crippen LogP contribution in [0.2, 0.25) is 0 Å². The summed E-state index contributed by atoms with van der Waals surface area (Å²) in [6, 6.07) is 0. The van der Waals surface area contributed by atoms with Gasteiger partial charge < -0.3 is 14.6 Å². The van der Waals surface area contributed by atoms with Crippen molar-refractivity contribution in [2.45, 2.75) is 83.7 Å². The van der Waals surface area contributed by atoms with Gasteiger partial charge in [0.25, 0.3) is 0 Å². The Labute approximate surface area is 139 Å². The third-order valence-corrected chi connectivity index (χ3v) is 7.25. The van der Waals surface area contributed by atoms with Gasteiger partial charge in [-0.05, 0) is 74.9 Å². The molecule has 2 heterocycles. The molecule has 4 rings (SSSR count). The molecule has 4 bridgehead atoms. The van der Waals surface area contributed by atoms with Crippen LogP contribution in [0.3, 0.4) is 0 Å². The number of aliphatic hydroxyl groups is 1. The van der Waals surface area contributed by atoms with Crippen molar-refractivity contribution in [1.82, 2.24) is 0 Å². The Morgan fingerprint density at radius 2 is 1.96 bits per heavy atom.